The van der Waals surface area contributed by atoms with Crippen LogP contribution < -0.4 is 15.6 Å². The molecule has 3 aromatic rings. The van der Waals surface area contributed by atoms with Crippen molar-refractivity contribution in [2.75, 3.05) is 0 Å². The van der Waals surface area contributed by atoms with E-state index in [0.717, 1.165) is 12.5 Å². The van der Waals surface area contributed by atoms with Gasteiger partial charge in [0.15, 0.2) is 8.07 Å². The maximum absolute atomic E-state index is 13.6. The van der Waals surface area contributed by atoms with Crippen LogP contribution >= 0.6 is 0 Å². The fourth-order valence-corrected chi connectivity index (χ4v) is 11.4. The summed E-state index contributed by atoms with van der Waals surface area (Å²) in [5.74, 6) is 0.213. The van der Waals surface area contributed by atoms with Gasteiger partial charge in [-0.1, -0.05) is 139 Å². The minimum absolute atomic E-state index is 0.109. The molecule has 4 heteroatoms. The number of benzene rings is 3. The zero-order valence-corrected chi connectivity index (χ0v) is 25.6. The Morgan fingerprint density at radius 3 is 1.59 bits per heavy atom. The summed E-state index contributed by atoms with van der Waals surface area (Å²) in [4.78, 5) is 13.6. The van der Waals surface area contributed by atoms with Crippen LogP contribution in [0.2, 0.25) is 6.04 Å². The van der Waals surface area contributed by atoms with Crippen LogP contribution in [0.4, 0.5) is 0 Å². The zero-order valence-electron chi connectivity index (χ0n) is 24.6. The van der Waals surface area contributed by atoms with Gasteiger partial charge in [-0.3, -0.25) is 0 Å². The van der Waals surface area contributed by atoms with Crippen molar-refractivity contribution in [2.45, 2.75) is 73.1 Å². The highest BCUT2D eigenvalue weighted by Gasteiger charge is 2.44. The largest absolute Gasteiger partial charge is 0.484 e. The molecule has 0 saturated heterocycles. The van der Waals surface area contributed by atoms with Crippen molar-refractivity contribution in [3.05, 3.63) is 103 Å². The first kappa shape index (κ1) is 28.9. The molecule has 3 aromatic carbocycles. The van der Waals surface area contributed by atoms with Crippen molar-refractivity contribution in [3.8, 4) is 0 Å². The van der Waals surface area contributed by atoms with E-state index < -0.39 is 8.07 Å². The molecule has 0 aromatic heterocycles. The van der Waals surface area contributed by atoms with E-state index in [2.05, 4.69) is 139 Å². The SMILES string of the molecule is C[C@@H]1C=C(C(=O)OC(C(C)(C)C)C(C)(C)C)O[C@H](C[Si](c2ccccc2)(c2ccccc2)c2ccccc2)C1. The Labute approximate surface area is 236 Å². The average Bonchev–Trinajstić information content (AvgIpc) is 2.90. The summed E-state index contributed by atoms with van der Waals surface area (Å²) >= 11 is 0. The molecule has 1 heterocycles. The van der Waals surface area contributed by atoms with Gasteiger partial charge in [0.2, 0.25) is 5.76 Å². The molecule has 0 N–H and O–H groups in total. The summed E-state index contributed by atoms with van der Waals surface area (Å²) in [5.41, 5.74) is -0.381. The molecule has 1 aliphatic heterocycles. The van der Waals surface area contributed by atoms with Gasteiger partial charge in [-0.15, -0.1) is 0 Å². The fourth-order valence-electron chi connectivity index (χ4n) is 6.43. The summed E-state index contributed by atoms with van der Waals surface area (Å²) in [6.45, 7) is 14.9. The van der Waals surface area contributed by atoms with Crippen molar-refractivity contribution in [1.82, 2.24) is 0 Å². The van der Waals surface area contributed by atoms with Gasteiger partial charge in [-0.25, -0.2) is 4.79 Å². The molecule has 0 amide bonds. The molecule has 0 unspecified atom stereocenters. The van der Waals surface area contributed by atoms with Crippen molar-refractivity contribution < 1.29 is 14.3 Å². The molecular formula is C35H44O3Si. The molecule has 1 aliphatic rings. The predicted octanol–water partition coefficient (Wildman–Crippen LogP) is 6.47. The van der Waals surface area contributed by atoms with Crippen LogP contribution in [0.5, 0.6) is 0 Å². The summed E-state index contributed by atoms with van der Waals surface area (Å²) in [5, 5.41) is 4.04. The van der Waals surface area contributed by atoms with Gasteiger partial charge >= 0.3 is 5.97 Å². The number of esters is 1. The lowest BCUT2D eigenvalue weighted by Crippen LogP contribution is -2.68. The van der Waals surface area contributed by atoms with E-state index >= 15 is 0 Å². The smallest absolute Gasteiger partial charge is 0.373 e. The van der Waals surface area contributed by atoms with E-state index in [9.17, 15) is 4.79 Å². The topological polar surface area (TPSA) is 35.5 Å². The van der Waals surface area contributed by atoms with Gasteiger partial charge in [0, 0.05) is 0 Å². The maximum Gasteiger partial charge on any atom is 0.373 e. The van der Waals surface area contributed by atoms with Crippen molar-refractivity contribution >= 4 is 29.6 Å². The van der Waals surface area contributed by atoms with Crippen molar-refractivity contribution in [1.29, 1.82) is 0 Å². The lowest BCUT2D eigenvalue weighted by Gasteiger charge is -2.41. The van der Waals surface area contributed by atoms with Crippen LogP contribution in [-0.2, 0) is 14.3 Å². The van der Waals surface area contributed by atoms with Crippen LogP contribution in [0.1, 0.15) is 54.9 Å². The lowest BCUT2D eigenvalue weighted by molar-refractivity contribution is -0.164. The van der Waals surface area contributed by atoms with Crippen LogP contribution in [0, 0.1) is 16.7 Å². The van der Waals surface area contributed by atoms with E-state index in [0.29, 0.717) is 5.76 Å². The van der Waals surface area contributed by atoms with Gasteiger partial charge in [0.05, 0.1) is 6.10 Å². The van der Waals surface area contributed by atoms with Crippen molar-refractivity contribution in [3.63, 3.8) is 0 Å². The van der Waals surface area contributed by atoms with Crippen molar-refractivity contribution in [2.24, 2.45) is 16.7 Å². The molecule has 0 aliphatic carbocycles. The van der Waals surface area contributed by atoms with Gasteiger partial charge in [0.1, 0.15) is 6.10 Å². The normalized spacial score (nSPS) is 18.3. The molecule has 39 heavy (non-hydrogen) atoms. The number of carbonyl (C=O) groups is 1. The number of carbonyl (C=O) groups excluding carboxylic acids is 1. The molecule has 0 spiro atoms. The Morgan fingerprint density at radius 1 is 0.795 bits per heavy atom. The molecule has 0 bridgehead atoms. The zero-order chi connectivity index (χ0) is 28.3. The fraction of sp³-hybridized carbons (Fsp3) is 0.400. The highest BCUT2D eigenvalue weighted by molar-refractivity contribution is 7.11. The monoisotopic (exact) mass is 540 g/mol. The van der Waals surface area contributed by atoms with Gasteiger partial charge < -0.3 is 9.47 Å². The number of allylic oxidation sites excluding steroid dienone is 1. The molecular weight excluding hydrogens is 496 g/mol. The molecule has 4 rings (SSSR count). The number of hydrogen-bond acceptors (Lipinski definition) is 3. The molecule has 0 saturated carbocycles. The Balaban J connectivity index is 1.72. The summed E-state index contributed by atoms with van der Waals surface area (Å²) in [7, 11) is -2.50. The first-order valence-electron chi connectivity index (χ1n) is 14.2. The quantitative estimate of drug-likeness (QED) is 0.196. The van der Waals surface area contributed by atoms with Crippen LogP contribution in [0.15, 0.2) is 103 Å². The molecule has 2 atom stereocenters. The lowest BCUT2D eigenvalue weighted by atomic mass is 9.74. The number of rotatable bonds is 7. The molecule has 3 nitrogen and oxygen atoms in total. The molecule has 0 fully saturated rings. The Hall–Kier alpha value is -3.11. The second-order valence-electron chi connectivity index (χ2n) is 13.2. The van der Waals surface area contributed by atoms with E-state index in [1.807, 2.05) is 6.08 Å². The Morgan fingerprint density at radius 2 is 1.21 bits per heavy atom. The third-order valence-corrected chi connectivity index (χ3v) is 12.7. The standard InChI is InChI=1S/C35H44O3Si/c1-26-23-27(37-31(24-26)32(36)38-33(34(2,3)4)35(5,6)7)25-39(28-17-11-8-12-18-28,29-19-13-9-14-20-29)30-21-15-10-16-22-30/h8-22,24,26-27,33H,23,25H2,1-7H3/t26-,27-/m0/s1. The van der Waals surface area contributed by atoms with E-state index in [-0.39, 0.29) is 34.9 Å². The highest BCUT2D eigenvalue weighted by Crippen LogP contribution is 2.37. The third kappa shape index (κ3) is 6.55. The number of hydrogen-bond donors (Lipinski definition) is 0. The van der Waals surface area contributed by atoms with Crippen LogP contribution in [0.3, 0.4) is 0 Å². The predicted molar refractivity (Wildman–Crippen MR) is 164 cm³/mol. The first-order valence-corrected chi connectivity index (χ1v) is 16.4. The van der Waals surface area contributed by atoms with Gasteiger partial charge in [-0.05, 0) is 50.8 Å². The minimum Gasteiger partial charge on any atom is -0.484 e. The second kappa shape index (κ2) is 11.6. The second-order valence-corrected chi connectivity index (χ2v) is 17.2. The Bertz CT molecular complexity index is 1140. The minimum atomic E-state index is -2.50. The summed E-state index contributed by atoms with van der Waals surface area (Å²) < 4.78 is 12.8. The maximum atomic E-state index is 13.6. The number of ether oxygens (including phenoxy) is 2. The highest BCUT2D eigenvalue weighted by atomic mass is 28.3. The summed E-state index contributed by atoms with van der Waals surface area (Å²) in [6.07, 6.45) is 2.46. The average molecular weight is 541 g/mol. The van der Waals surface area contributed by atoms with Gasteiger partial charge in [-0.2, -0.15) is 0 Å². The molecule has 0 radical (unpaired) electrons. The van der Waals surface area contributed by atoms with Gasteiger partial charge in [0.25, 0.3) is 0 Å². The third-order valence-electron chi connectivity index (χ3n) is 7.70. The Kier molecular flexibility index (Phi) is 8.56. The van der Waals surface area contributed by atoms with Crippen LogP contribution in [-0.4, -0.2) is 26.3 Å². The summed E-state index contributed by atoms with van der Waals surface area (Å²) in [6, 6.07) is 33.5. The van der Waals surface area contributed by atoms with E-state index in [4.69, 9.17) is 9.47 Å². The van der Waals surface area contributed by atoms with E-state index in [1.54, 1.807) is 0 Å². The first-order chi connectivity index (χ1) is 18.4. The molecule has 206 valence electrons. The van der Waals surface area contributed by atoms with E-state index in [1.165, 1.54) is 15.6 Å². The van der Waals surface area contributed by atoms with Crippen LogP contribution in [0.25, 0.3) is 0 Å².